The smallest absolute Gasteiger partial charge is 0.265 e. The van der Waals surface area contributed by atoms with Gasteiger partial charge in [-0.2, -0.15) is 0 Å². The molecule has 0 aliphatic rings. The summed E-state index contributed by atoms with van der Waals surface area (Å²) in [5.74, 6) is -0.262. The van der Waals surface area contributed by atoms with Crippen molar-refractivity contribution in [3.05, 3.63) is 45.6 Å². The fourth-order valence-corrected chi connectivity index (χ4v) is 3.41. The third-order valence-electron chi connectivity index (χ3n) is 2.82. The van der Waals surface area contributed by atoms with Crippen molar-refractivity contribution in [1.82, 2.24) is 0 Å². The topological polar surface area (TPSA) is 89.3 Å². The summed E-state index contributed by atoms with van der Waals surface area (Å²) in [6.07, 6.45) is 0. The molecule has 0 atom stereocenters. The second-order valence-corrected chi connectivity index (χ2v) is 6.86. The fourth-order valence-electron chi connectivity index (χ4n) is 1.78. The minimum Gasteiger partial charge on any atom is -0.321 e. The number of carbonyl (C=O) groups excluding carboxylic acids is 1. The number of primary sulfonamides is 1. The van der Waals surface area contributed by atoms with Crippen LogP contribution in [0.3, 0.4) is 0 Å². The van der Waals surface area contributed by atoms with Crippen LogP contribution in [0.4, 0.5) is 5.69 Å². The van der Waals surface area contributed by atoms with E-state index in [-0.39, 0.29) is 10.8 Å². The van der Waals surface area contributed by atoms with Gasteiger partial charge in [-0.1, -0.05) is 6.07 Å². The van der Waals surface area contributed by atoms with Crippen molar-refractivity contribution in [2.45, 2.75) is 18.7 Å². The molecule has 1 heterocycles. The molecule has 3 N–H and O–H groups in total. The predicted molar refractivity (Wildman–Crippen MR) is 79.6 cm³/mol. The van der Waals surface area contributed by atoms with E-state index in [9.17, 15) is 13.2 Å². The highest BCUT2D eigenvalue weighted by Gasteiger charge is 2.15. The first-order valence-corrected chi connectivity index (χ1v) is 8.20. The first kappa shape index (κ1) is 14.7. The first-order valence-electron chi connectivity index (χ1n) is 5.78. The van der Waals surface area contributed by atoms with E-state index in [1.165, 1.54) is 17.4 Å². The van der Waals surface area contributed by atoms with Gasteiger partial charge in [-0.3, -0.25) is 4.79 Å². The summed E-state index contributed by atoms with van der Waals surface area (Å²) in [4.78, 5) is 12.7. The number of sulfonamides is 1. The number of rotatable bonds is 3. The number of nitrogens with two attached hydrogens (primary N) is 1. The number of hydrogen-bond acceptors (Lipinski definition) is 4. The maximum Gasteiger partial charge on any atom is 0.265 e. The van der Waals surface area contributed by atoms with E-state index in [0.717, 1.165) is 5.56 Å². The van der Waals surface area contributed by atoms with Crippen LogP contribution in [0.2, 0.25) is 0 Å². The van der Waals surface area contributed by atoms with Crippen LogP contribution in [0, 0.1) is 13.8 Å². The number of thiophene rings is 1. The van der Waals surface area contributed by atoms with Gasteiger partial charge in [-0.15, -0.1) is 11.3 Å². The molecule has 20 heavy (non-hydrogen) atoms. The van der Waals surface area contributed by atoms with E-state index in [1.54, 1.807) is 19.1 Å². The maximum atomic E-state index is 12.1. The van der Waals surface area contributed by atoms with Crippen molar-refractivity contribution in [1.29, 1.82) is 0 Å². The Morgan fingerprint density at radius 2 is 1.90 bits per heavy atom. The summed E-state index contributed by atoms with van der Waals surface area (Å²) in [7, 11) is -3.80. The summed E-state index contributed by atoms with van der Waals surface area (Å²) < 4.78 is 22.9. The SMILES string of the molecule is Cc1ccc(NC(=O)c2sccc2C)cc1S(N)(=O)=O. The lowest BCUT2D eigenvalue weighted by Crippen LogP contribution is -2.15. The number of nitrogens with one attached hydrogen (secondary N) is 1. The normalized spacial score (nSPS) is 11.3. The van der Waals surface area contributed by atoms with Gasteiger partial charge >= 0.3 is 0 Å². The average molecular weight is 310 g/mol. The summed E-state index contributed by atoms with van der Waals surface area (Å²) >= 11 is 1.33. The van der Waals surface area contributed by atoms with Gasteiger partial charge < -0.3 is 5.32 Å². The van der Waals surface area contributed by atoms with Crippen LogP contribution in [-0.4, -0.2) is 14.3 Å². The molecule has 2 rings (SSSR count). The Labute approximate surface area is 121 Å². The Hall–Kier alpha value is -1.70. The highest BCUT2D eigenvalue weighted by Crippen LogP contribution is 2.21. The molecule has 0 saturated heterocycles. The van der Waals surface area contributed by atoms with Crippen LogP contribution in [0.5, 0.6) is 0 Å². The van der Waals surface area contributed by atoms with Gasteiger partial charge in [0.05, 0.1) is 9.77 Å². The van der Waals surface area contributed by atoms with Crippen molar-refractivity contribution in [2.24, 2.45) is 5.14 Å². The molecule has 1 amide bonds. The minimum atomic E-state index is -3.80. The van der Waals surface area contributed by atoms with E-state index in [2.05, 4.69) is 5.32 Å². The molecule has 0 saturated carbocycles. The van der Waals surface area contributed by atoms with E-state index >= 15 is 0 Å². The Kier molecular flexibility index (Phi) is 3.94. The lowest BCUT2D eigenvalue weighted by Gasteiger charge is -2.08. The molecule has 0 aliphatic heterocycles. The molecule has 0 aliphatic carbocycles. The van der Waals surface area contributed by atoms with E-state index in [1.807, 2.05) is 18.4 Å². The van der Waals surface area contributed by atoms with Crippen LogP contribution in [0.1, 0.15) is 20.8 Å². The monoisotopic (exact) mass is 310 g/mol. The second kappa shape index (κ2) is 5.35. The van der Waals surface area contributed by atoms with Crippen LogP contribution in [-0.2, 0) is 10.0 Å². The number of aryl methyl sites for hydroxylation is 2. The summed E-state index contributed by atoms with van der Waals surface area (Å²) in [6, 6.07) is 6.47. The van der Waals surface area contributed by atoms with Gasteiger partial charge in [-0.05, 0) is 48.6 Å². The Balaban J connectivity index is 2.32. The van der Waals surface area contributed by atoms with Crippen LogP contribution in [0.15, 0.2) is 34.5 Å². The number of amides is 1. The molecule has 106 valence electrons. The largest absolute Gasteiger partial charge is 0.321 e. The molecule has 0 unspecified atom stereocenters. The Morgan fingerprint density at radius 3 is 2.45 bits per heavy atom. The molecule has 1 aromatic carbocycles. The van der Waals surface area contributed by atoms with Crippen LogP contribution < -0.4 is 10.5 Å². The molecular weight excluding hydrogens is 296 g/mol. The van der Waals surface area contributed by atoms with E-state index < -0.39 is 10.0 Å². The second-order valence-electron chi connectivity index (χ2n) is 4.41. The van der Waals surface area contributed by atoms with Crippen molar-refractivity contribution >= 4 is 33.0 Å². The van der Waals surface area contributed by atoms with Gasteiger partial charge in [0.2, 0.25) is 10.0 Å². The molecule has 2 aromatic rings. The maximum absolute atomic E-state index is 12.1. The zero-order valence-corrected chi connectivity index (χ0v) is 12.6. The molecule has 7 heteroatoms. The third kappa shape index (κ3) is 3.06. The molecule has 5 nitrogen and oxygen atoms in total. The highest BCUT2D eigenvalue weighted by atomic mass is 32.2. The summed E-state index contributed by atoms with van der Waals surface area (Å²) in [5.41, 5.74) is 1.82. The fraction of sp³-hybridized carbons (Fsp3) is 0.154. The van der Waals surface area contributed by atoms with Crippen molar-refractivity contribution in [3.63, 3.8) is 0 Å². The van der Waals surface area contributed by atoms with Gasteiger partial charge in [0.1, 0.15) is 0 Å². The zero-order chi connectivity index (χ0) is 14.9. The molecule has 0 bridgehead atoms. The lowest BCUT2D eigenvalue weighted by molar-refractivity contribution is 0.103. The number of benzene rings is 1. The first-order chi connectivity index (χ1) is 9.29. The average Bonchev–Trinajstić information content (AvgIpc) is 2.76. The summed E-state index contributed by atoms with van der Waals surface area (Å²) in [5, 5.41) is 9.64. The number of carbonyl (C=O) groups is 1. The standard InChI is InChI=1S/C13H14N2O3S2/c1-8-3-4-10(7-11(8)20(14,17)18)15-13(16)12-9(2)5-6-19-12/h3-7H,1-2H3,(H,15,16)(H2,14,17,18). The van der Waals surface area contributed by atoms with Crippen molar-refractivity contribution in [2.75, 3.05) is 5.32 Å². The van der Waals surface area contributed by atoms with Gasteiger partial charge in [0, 0.05) is 5.69 Å². The summed E-state index contributed by atoms with van der Waals surface area (Å²) in [6.45, 7) is 3.49. The number of hydrogen-bond donors (Lipinski definition) is 2. The molecular formula is C13H14N2O3S2. The highest BCUT2D eigenvalue weighted by molar-refractivity contribution is 7.89. The quantitative estimate of drug-likeness (QED) is 0.911. The molecule has 1 aromatic heterocycles. The minimum absolute atomic E-state index is 0.0122. The predicted octanol–water partition coefficient (Wildman–Crippen LogP) is 2.26. The van der Waals surface area contributed by atoms with Gasteiger partial charge in [-0.25, -0.2) is 13.6 Å². The van der Waals surface area contributed by atoms with Gasteiger partial charge in [0.25, 0.3) is 5.91 Å². The van der Waals surface area contributed by atoms with Gasteiger partial charge in [0.15, 0.2) is 0 Å². The molecule has 0 fully saturated rings. The molecule has 0 spiro atoms. The van der Waals surface area contributed by atoms with E-state index in [4.69, 9.17) is 5.14 Å². The van der Waals surface area contributed by atoms with Crippen molar-refractivity contribution in [3.8, 4) is 0 Å². The third-order valence-corrected chi connectivity index (χ3v) is 4.89. The van der Waals surface area contributed by atoms with Crippen LogP contribution in [0.25, 0.3) is 0 Å². The Morgan fingerprint density at radius 1 is 1.20 bits per heavy atom. The number of anilines is 1. The molecule has 0 radical (unpaired) electrons. The Bertz CT molecular complexity index is 764. The van der Waals surface area contributed by atoms with Crippen LogP contribution >= 0.6 is 11.3 Å². The zero-order valence-electron chi connectivity index (χ0n) is 11.0. The lowest BCUT2D eigenvalue weighted by atomic mass is 10.2. The van der Waals surface area contributed by atoms with Crippen molar-refractivity contribution < 1.29 is 13.2 Å². The van der Waals surface area contributed by atoms with E-state index in [0.29, 0.717) is 16.1 Å².